The summed E-state index contributed by atoms with van der Waals surface area (Å²) in [6, 6.07) is 4.31. The lowest BCUT2D eigenvalue weighted by atomic mass is 10.1. The van der Waals surface area contributed by atoms with E-state index in [0.29, 0.717) is 13.2 Å². The number of rotatable bonds is 3. The lowest BCUT2D eigenvalue weighted by Gasteiger charge is -2.34. The minimum Gasteiger partial charge on any atom is -0.377 e. The molecule has 1 radical (unpaired) electrons. The molecule has 3 aromatic heterocycles. The van der Waals surface area contributed by atoms with Gasteiger partial charge in [-0.25, -0.2) is 9.67 Å². The van der Waals surface area contributed by atoms with Crippen LogP contribution in [0.1, 0.15) is 38.0 Å². The molecule has 8 heteroatoms. The lowest BCUT2D eigenvalue weighted by molar-refractivity contribution is -0.0393. The molecule has 0 amide bonds. The molecule has 0 N–H and O–H groups in total. The molecule has 2 aliphatic heterocycles. The van der Waals surface area contributed by atoms with Gasteiger partial charge in [0.15, 0.2) is 0 Å². The van der Waals surface area contributed by atoms with Crippen molar-refractivity contribution >= 4 is 16.9 Å². The summed E-state index contributed by atoms with van der Waals surface area (Å²) in [6.45, 7) is 9.46. The lowest BCUT2D eigenvalue weighted by Crippen LogP contribution is -2.44. The van der Waals surface area contributed by atoms with Gasteiger partial charge in [0.1, 0.15) is 29.0 Å². The van der Waals surface area contributed by atoms with E-state index in [2.05, 4.69) is 18.7 Å². The third kappa shape index (κ3) is 3.30. The van der Waals surface area contributed by atoms with E-state index in [1.807, 2.05) is 34.7 Å². The molecule has 3 aromatic rings. The van der Waals surface area contributed by atoms with Gasteiger partial charge in [-0.1, -0.05) is 0 Å². The predicted molar refractivity (Wildman–Crippen MR) is 111 cm³/mol. The van der Waals surface area contributed by atoms with E-state index in [4.69, 9.17) is 24.7 Å². The number of fused-ring (bicyclic) bond motifs is 1. The molecule has 0 bridgehead atoms. The highest BCUT2D eigenvalue weighted by Crippen LogP contribution is 2.31. The second-order valence-electron chi connectivity index (χ2n) is 7.93. The average Bonchev–Trinajstić information content (AvgIpc) is 3.34. The van der Waals surface area contributed by atoms with Crippen LogP contribution in [0.15, 0.2) is 18.3 Å². The Labute approximate surface area is 170 Å². The zero-order valence-electron chi connectivity index (χ0n) is 17.0. The molecular formula is C21H27N6O2. The number of aromatic nitrogens is 5. The van der Waals surface area contributed by atoms with Gasteiger partial charge in [-0.15, -0.1) is 0 Å². The van der Waals surface area contributed by atoms with Crippen molar-refractivity contribution in [3.8, 4) is 11.4 Å². The van der Waals surface area contributed by atoms with Crippen LogP contribution in [-0.2, 0) is 16.5 Å². The monoisotopic (exact) mass is 395 g/mol. The molecule has 2 aliphatic rings. The minimum atomic E-state index is 0.00796. The number of aryl methyl sites for hydroxylation is 1. The molecule has 2 saturated heterocycles. The van der Waals surface area contributed by atoms with E-state index in [1.165, 1.54) is 6.42 Å². The van der Waals surface area contributed by atoms with Crippen molar-refractivity contribution in [3.63, 3.8) is 0 Å². The highest BCUT2D eigenvalue weighted by Gasteiger charge is 2.24. The summed E-state index contributed by atoms with van der Waals surface area (Å²) >= 11 is 0. The van der Waals surface area contributed by atoms with Crippen molar-refractivity contribution in [1.29, 1.82) is 0 Å². The Morgan fingerprint density at radius 3 is 2.90 bits per heavy atom. The summed E-state index contributed by atoms with van der Waals surface area (Å²) in [4.78, 5) is 7.28. The smallest absolute Gasteiger partial charge is 0.150 e. The van der Waals surface area contributed by atoms with Crippen LogP contribution in [0, 0.1) is 6.92 Å². The summed E-state index contributed by atoms with van der Waals surface area (Å²) in [5.74, 6) is 0.919. The van der Waals surface area contributed by atoms with Crippen molar-refractivity contribution in [1.82, 2.24) is 24.5 Å². The van der Waals surface area contributed by atoms with Crippen LogP contribution in [0.2, 0.25) is 0 Å². The van der Waals surface area contributed by atoms with E-state index in [1.54, 1.807) is 0 Å². The molecule has 2 atom stereocenters. The molecule has 8 nitrogen and oxygen atoms in total. The summed E-state index contributed by atoms with van der Waals surface area (Å²) in [5, 5.41) is 9.52. The van der Waals surface area contributed by atoms with Gasteiger partial charge in [-0.05, 0) is 50.8 Å². The number of morpholine rings is 1. The maximum absolute atomic E-state index is 5.87. The maximum Gasteiger partial charge on any atom is 0.150 e. The van der Waals surface area contributed by atoms with Gasteiger partial charge in [0.25, 0.3) is 0 Å². The van der Waals surface area contributed by atoms with Gasteiger partial charge in [0.05, 0.1) is 24.8 Å². The quantitative estimate of drug-likeness (QED) is 0.679. The SMILES string of the molecule is [CH2]c1cc(N2CCOC[C@H]2C)nc2c(-c3ccn(C4CCCCO4)n3)nn(C)c12. The normalized spacial score (nSPS) is 23.1. The molecular weight excluding hydrogens is 368 g/mol. The summed E-state index contributed by atoms with van der Waals surface area (Å²) < 4.78 is 15.2. The number of anilines is 1. The number of pyridine rings is 1. The molecule has 0 saturated carbocycles. The molecule has 0 spiro atoms. The van der Waals surface area contributed by atoms with Gasteiger partial charge in [-0.2, -0.15) is 10.2 Å². The number of hydrogen-bond acceptors (Lipinski definition) is 6. The summed E-state index contributed by atoms with van der Waals surface area (Å²) in [5.41, 5.74) is 4.28. The first-order valence-electron chi connectivity index (χ1n) is 10.3. The minimum absolute atomic E-state index is 0.00796. The Balaban J connectivity index is 1.56. The maximum atomic E-state index is 5.87. The zero-order valence-corrected chi connectivity index (χ0v) is 17.0. The average molecular weight is 395 g/mol. The zero-order chi connectivity index (χ0) is 20.0. The second-order valence-corrected chi connectivity index (χ2v) is 7.93. The molecule has 2 fully saturated rings. The molecule has 5 heterocycles. The van der Waals surface area contributed by atoms with Gasteiger partial charge in [0.2, 0.25) is 0 Å². The van der Waals surface area contributed by atoms with Crippen LogP contribution in [-0.4, -0.2) is 57.0 Å². The highest BCUT2D eigenvalue weighted by atomic mass is 16.5. The van der Waals surface area contributed by atoms with Crippen molar-refractivity contribution in [2.45, 2.75) is 38.5 Å². The molecule has 1 unspecified atom stereocenters. The number of hydrogen-bond donors (Lipinski definition) is 0. The molecule has 153 valence electrons. The first-order valence-corrected chi connectivity index (χ1v) is 10.3. The van der Waals surface area contributed by atoms with E-state index >= 15 is 0 Å². The van der Waals surface area contributed by atoms with Crippen molar-refractivity contribution in [2.24, 2.45) is 7.05 Å². The van der Waals surface area contributed by atoms with Gasteiger partial charge >= 0.3 is 0 Å². The number of nitrogens with zero attached hydrogens (tertiary/aromatic N) is 6. The summed E-state index contributed by atoms with van der Waals surface area (Å²) in [6.07, 6.45) is 5.26. The Morgan fingerprint density at radius 1 is 1.21 bits per heavy atom. The Morgan fingerprint density at radius 2 is 2.10 bits per heavy atom. The van der Waals surface area contributed by atoms with Crippen molar-refractivity contribution in [3.05, 3.63) is 30.8 Å². The van der Waals surface area contributed by atoms with E-state index < -0.39 is 0 Å². The third-order valence-electron chi connectivity index (χ3n) is 5.82. The van der Waals surface area contributed by atoms with E-state index in [0.717, 1.165) is 59.8 Å². The number of ether oxygens (including phenoxy) is 2. The second kappa shape index (κ2) is 7.42. The van der Waals surface area contributed by atoms with Crippen molar-refractivity contribution in [2.75, 3.05) is 31.3 Å². The van der Waals surface area contributed by atoms with Gasteiger partial charge in [0, 0.05) is 26.4 Å². The van der Waals surface area contributed by atoms with Crippen LogP contribution in [0.25, 0.3) is 22.4 Å². The fraction of sp³-hybridized carbons (Fsp3) is 0.524. The van der Waals surface area contributed by atoms with E-state index in [9.17, 15) is 0 Å². The van der Waals surface area contributed by atoms with Crippen molar-refractivity contribution < 1.29 is 9.47 Å². The molecule has 29 heavy (non-hydrogen) atoms. The third-order valence-corrected chi connectivity index (χ3v) is 5.82. The molecule has 0 aliphatic carbocycles. The fourth-order valence-electron chi connectivity index (χ4n) is 4.29. The van der Waals surface area contributed by atoms with Gasteiger partial charge < -0.3 is 14.4 Å². The van der Waals surface area contributed by atoms with Gasteiger partial charge in [-0.3, -0.25) is 4.68 Å². The highest BCUT2D eigenvalue weighted by molar-refractivity contribution is 5.92. The standard InChI is InChI=1S/C21H27N6O2/c1-14-12-17(26-9-11-28-13-15(26)2)22-20-19(24-25(3)21(14)20)16-7-8-27(23-16)18-6-4-5-10-29-18/h7-8,12,15,18H,1,4-6,9-11,13H2,2-3H3/t15-,18?/m1/s1. The molecule has 0 aromatic carbocycles. The largest absolute Gasteiger partial charge is 0.377 e. The summed E-state index contributed by atoms with van der Waals surface area (Å²) in [7, 11) is 1.93. The Kier molecular flexibility index (Phi) is 4.75. The first kappa shape index (κ1) is 18.6. The van der Waals surface area contributed by atoms with Crippen LogP contribution in [0.3, 0.4) is 0 Å². The van der Waals surface area contributed by atoms with Crippen LogP contribution < -0.4 is 4.90 Å². The Hall–Kier alpha value is -2.45. The van der Waals surface area contributed by atoms with Crippen LogP contribution in [0.5, 0.6) is 0 Å². The van der Waals surface area contributed by atoms with E-state index in [-0.39, 0.29) is 12.3 Å². The fourth-order valence-corrected chi connectivity index (χ4v) is 4.29. The van der Waals surface area contributed by atoms with Crippen LogP contribution in [0.4, 0.5) is 5.82 Å². The molecule has 5 rings (SSSR count). The Bertz CT molecular complexity index is 1020. The van der Waals surface area contributed by atoms with Crippen LogP contribution >= 0.6 is 0 Å². The topological polar surface area (TPSA) is 70.2 Å². The predicted octanol–water partition coefficient (Wildman–Crippen LogP) is 2.94. The first-order chi connectivity index (χ1) is 14.1.